The van der Waals surface area contributed by atoms with Crippen molar-refractivity contribution in [3.05, 3.63) is 70.2 Å². The molecule has 2 aromatic heterocycles. The van der Waals surface area contributed by atoms with Crippen LogP contribution in [0.25, 0.3) is 6.08 Å². The summed E-state index contributed by atoms with van der Waals surface area (Å²) in [5.74, 6) is 1.95. The first-order valence-corrected chi connectivity index (χ1v) is 11.9. The normalized spacial score (nSPS) is 17.1. The Kier molecular flexibility index (Phi) is 7.57. The fourth-order valence-corrected chi connectivity index (χ4v) is 4.46. The smallest absolute Gasteiger partial charge is 0.323 e. The van der Waals surface area contributed by atoms with Crippen LogP contribution < -0.4 is 14.8 Å². The summed E-state index contributed by atoms with van der Waals surface area (Å²) in [6, 6.07) is 10.2. The number of carbonyl (C=O) groups is 1. The van der Waals surface area contributed by atoms with Gasteiger partial charge >= 0.3 is 6.03 Å². The molecule has 1 atom stereocenters. The van der Waals surface area contributed by atoms with Crippen LogP contribution >= 0.6 is 11.3 Å². The number of ether oxygens (including phenoxy) is 2. The topological polar surface area (TPSA) is 76.6 Å². The molecule has 1 aromatic carbocycles. The predicted octanol–water partition coefficient (Wildman–Crippen LogP) is 5.13. The minimum atomic E-state index is -0.165. The lowest BCUT2D eigenvalue weighted by molar-refractivity contribution is 0.197. The fraction of sp³-hybridized carbons (Fsp3) is 0.320. The Balaban J connectivity index is 1.31. The monoisotopic (exact) mass is 464 g/mol. The number of methoxy groups -OCH3 is 1. The van der Waals surface area contributed by atoms with Crippen LogP contribution in [0, 0.1) is 5.92 Å². The van der Waals surface area contributed by atoms with E-state index in [4.69, 9.17) is 9.47 Å². The molecule has 3 aromatic rings. The lowest BCUT2D eigenvalue weighted by Gasteiger charge is -2.33. The SMILES string of the molecule is COc1cnc(NC(=O)N2CC/C(=C\c3cccc(OCCc4ccsc4)c3)C(C)C2)cn1. The van der Waals surface area contributed by atoms with Crippen molar-refractivity contribution in [2.24, 2.45) is 5.92 Å². The zero-order chi connectivity index (χ0) is 23.0. The molecule has 2 amide bonds. The Morgan fingerprint density at radius 2 is 2.21 bits per heavy atom. The second kappa shape index (κ2) is 11.0. The number of benzene rings is 1. The van der Waals surface area contributed by atoms with Gasteiger partial charge in [0.15, 0.2) is 5.82 Å². The van der Waals surface area contributed by atoms with Crippen LogP contribution in [0.15, 0.2) is 59.1 Å². The number of likely N-dealkylation sites (tertiary alicyclic amines) is 1. The number of hydrogen-bond donors (Lipinski definition) is 1. The second-order valence-electron chi connectivity index (χ2n) is 7.99. The third-order valence-electron chi connectivity index (χ3n) is 5.61. The first kappa shape index (κ1) is 22.8. The van der Waals surface area contributed by atoms with Crippen LogP contribution in [0.2, 0.25) is 0 Å². The van der Waals surface area contributed by atoms with E-state index in [1.807, 2.05) is 17.0 Å². The molecule has 1 unspecified atom stereocenters. The molecule has 1 saturated heterocycles. The van der Waals surface area contributed by atoms with Gasteiger partial charge in [0.2, 0.25) is 5.88 Å². The van der Waals surface area contributed by atoms with Gasteiger partial charge in [0.25, 0.3) is 0 Å². The van der Waals surface area contributed by atoms with E-state index in [0.29, 0.717) is 31.4 Å². The van der Waals surface area contributed by atoms with Gasteiger partial charge < -0.3 is 14.4 Å². The molecule has 1 N–H and O–H groups in total. The highest BCUT2D eigenvalue weighted by Gasteiger charge is 2.24. The molecule has 7 nitrogen and oxygen atoms in total. The Morgan fingerprint density at radius 3 is 2.94 bits per heavy atom. The largest absolute Gasteiger partial charge is 0.493 e. The number of amides is 2. The summed E-state index contributed by atoms with van der Waals surface area (Å²) < 4.78 is 10.9. The quantitative estimate of drug-likeness (QED) is 0.525. The maximum absolute atomic E-state index is 12.6. The number of rotatable bonds is 7. The number of urea groups is 1. The fourth-order valence-electron chi connectivity index (χ4n) is 3.75. The second-order valence-corrected chi connectivity index (χ2v) is 8.77. The number of nitrogens with zero attached hydrogens (tertiary/aromatic N) is 3. The third-order valence-corrected chi connectivity index (χ3v) is 6.34. The van der Waals surface area contributed by atoms with Crippen LogP contribution in [-0.2, 0) is 6.42 Å². The minimum Gasteiger partial charge on any atom is -0.493 e. The van der Waals surface area contributed by atoms with Gasteiger partial charge in [0.1, 0.15) is 5.75 Å². The average Bonchev–Trinajstić information content (AvgIpc) is 3.35. The van der Waals surface area contributed by atoms with E-state index in [1.54, 1.807) is 11.3 Å². The highest BCUT2D eigenvalue weighted by Crippen LogP contribution is 2.26. The summed E-state index contributed by atoms with van der Waals surface area (Å²) in [6.45, 7) is 4.12. The Bertz CT molecular complexity index is 1080. The molecule has 172 valence electrons. The van der Waals surface area contributed by atoms with Crippen molar-refractivity contribution in [3.63, 3.8) is 0 Å². The molecule has 0 bridgehead atoms. The highest BCUT2D eigenvalue weighted by atomic mass is 32.1. The summed E-state index contributed by atoms with van der Waals surface area (Å²) in [5, 5.41) is 7.05. The minimum absolute atomic E-state index is 0.165. The van der Waals surface area contributed by atoms with Gasteiger partial charge in [-0.2, -0.15) is 11.3 Å². The molecular formula is C25H28N4O3S. The average molecular weight is 465 g/mol. The maximum atomic E-state index is 12.6. The first-order chi connectivity index (χ1) is 16.1. The van der Waals surface area contributed by atoms with Crippen LogP contribution in [0.1, 0.15) is 24.5 Å². The highest BCUT2D eigenvalue weighted by molar-refractivity contribution is 7.07. The van der Waals surface area contributed by atoms with Crippen molar-refractivity contribution >= 4 is 29.3 Å². The third kappa shape index (κ3) is 6.32. The summed E-state index contributed by atoms with van der Waals surface area (Å²) in [4.78, 5) is 22.7. The summed E-state index contributed by atoms with van der Waals surface area (Å²) >= 11 is 1.71. The molecule has 8 heteroatoms. The zero-order valence-corrected chi connectivity index (χ0v) is 19.7. The van der Waals surface area contributed by atoms with Crippen molar-refractivity contribution in [1.82, 2.24) is 14.9 Å². The van der Waals surface area contributed by atoms with Crippen LogP contribution in [0.4, 0.5) is 10.6 Å². The van der Waals surface area contributed by atoms with Crippen molar-refractivity contribution in [2.45, 2.75) is 19.8 Å². The number of hydrogen-bond acceptors (Lipinski definition) is 6. The molecule has 4 rings (SSSR count). The molecule has 1 aliphatic heterocycles. The number of anilines is 1. The molecular weight excluding hydrogens is 436 g/mol. The molecule has 0 radical (unpaired) electrons. The van der Waals surface area contributed by atoms with E-state index in [2.05, 4.69) is 57.2 Å². The van der Waals surface area contributed by atoms with Crippen molar-refractivity contribution < 1.29 is 14.3 Å². The lowest BCUT2D eigenvalue weighted by Crippen LogP contribution is -2.42. The van der Waals surface area contributed by atoms with Crippen LogP contribution in [0.5, 0.6) is 11.6 Å². The predicted molar refractivity (Wildman–Crippen MR) is 131 cm³/mol. The summed E-state index contributed by atoms with van der Waals surface area (Å²) in [7, 11) is 1.53. The Hall–Kier alpha value is -3.39. The van der Waals surface area contributed by atoms with Gasteiger partial charge in [-0.15, -0.1) is 0 Å². The van der Waals surface area contributed by atoms with Crippen LogP contribution in [0.3, 0.4) is 0 Å². The summed E-state index contributed by atoms with van der Waals surface area (Å²) in [6.07, 6.45) is 6.93. The molecule has 1 aliphatic rings. The molecule has 33 heavy (non-hydrogen) atoms. The van der Waals surface area contributed by atoms with E-state index in [9.17, 15) is 4.79 Å². The number of nitrogens with one attached hydrogen (secondary N) is 1. The standard InChI is InChI=1S/C25H28N4O3S/c1-18-16-29(25(30)28-23-14-27-24(31-2)15-26-23)9-6-21(18)12-20-4-3-5-22(13-20)32-10-7-19-8-11-33-17-19/h3-5,8,11-15,17-18H,6-7,9-10,16H2,1-2H3,(H,26,28,30)/b21-12+. The molecule has 0 saturated carbocycles. The van der Waals surface area contributed by atoms with E-state index in [1.165, 1.54) is 30.6 Å². The lowest BCUT2D eigenvalue weighted by atomic mass is 9.91. The van der Waals surface area contributed by atoms with E-state index in [0.717, 1.165) is 24.2 Å². The van der Waals surface area contributed by atoms with Gasteiger partial charge in [0.05, 0.1) is 26.1 Å². The number of piperidine rings is 1. The molecule has 0 spiro atoms. The van der Waals surface area contributed by atoms with Gasteiger partial charge in [-0.05, 0) is 52.4 Å². The number of thiophene rings is 1. The first-order valence-electron chi connectivity index (χ1n) is 11.0. The molecule has 0 aliphatic carbocycles. The Morgan fingerprint density at radius 1 is 1.30 bits per heavy atom. The number of carbonyl (C=O) groups excluding carboxylic acids is 1. The van der Waals surface area contributed by atoms with Gasteiger partial charge in [-0.25, -0.2) is 14.8 Å². The number of aromatic nitrogens is 2. The van der Waals surface area contributed by atoms with E-state index >= 15 is 0 Å². The van der Waals surface area contributed by atoms with Gasteiger partial charge in [0, 0.05) is 19.5 Å². The van der Waals surface area contributed by atoms with Crippen LogP contribution in [-0.4, -0.2) is 47.7 Å². The van der Waals surface area contributed by atoms with Crippen molar-refractivity contribution in [1.29, 1.82) is 0 Å². The van der Waals surface area contributed by atoms with E-state index in [-0.39, 0.29) is 11.9 Å². The van der Waals surface area contributed by atoms with E-state index < -0.39 is 0 Å². The van der Waals surface area contributed by atoms with Gasteiger partial charge in [-0.3, -0.25) is 5.32 Å². The zero-order valence-electron chi connectivity index (χ0n) is 18.9. The maximum Gasteiger partial charge on any atom is 0.323 e. The molecule has 3 heterocycles. The Labute approximate surface area is 198 Å². The van der Waals surface area contributed by atoms with Crippen molar-refractivity contribution in [2.75, 3.05) is 32.1 Å². The summed E-state index contributed by atoms with van der Waals surface area (Å²) in [5.41, 5.74) is 3.76. The van der Waals surface area contributed by atoms with Crippen molar-refractivity contribution in [3.8, 4) is 11.6 Å². The van der Waals surface area contributed by atoms with Gasteiger partial charge in [-0.1, -0.05) is 30.7 Å². The molecule has 1 fully saturated rings.